The Bertz CT molecular complexity index is 629. The molecule has 122 valence electrons. The molecule has 2 N–H and O–H groups in total. The van der Waals surface area contributed by atoms with Gasteiger partial charge in [-0.15, -0.1) is 0 Å². The van der Waals surface area contributed by atoms with Gasteiger partial charge in [-0.25, -0.2) is 4.79 Å². The molecule has 6 nitrogen and oxygen atoms in total. The third-order valence-corrected chi connectivity index (χ3v) is 4.89. The number of carbonyl (C=O) groups excluding carboxylic acids is 2. The molecule has 3 aliphatic rings. The van der Waals surface area contributed by atoms with Crippen molar-refractivity contribution in [2.45, 2.75) is 31.3 Å². The Morgan fingerprint density at radius 3 is 2.83 bits per heavy atom. The summed E-state index contributed by atoms with van der Waals surface area (Å²) in [6.07, 6.45) is 3.64. The van der Waals surface area contributed by atoms with E-state index in [1.165, 1.54) is 12.8 Å². The average Bonchev–Trinajstić information content (AvgIpc) is 3.16. The van der Waals surface area contributed by atoms with E-state index < -0.39 is 0 Å². The Balaban J connectivity index is 1.41. The van der Waals surface area contributed by atoms with Gasteiger partial charge in [-0.1, -0.05) is 6.07 Å². The number of amides is 3. The predicted molar refractivity (Wildman–Crippen MR) is 87.7 cm³/mol. The van der Waals surface area contributed by atoms with Crippen LogP contribution in [0.2, 0.25) is 0 Å². The third kappa shape index (κ3) is 3.03. The van der Waals surface area contributed by atoms with Crippen LogP contribution in [0.5, 0.6) is 0 Å². The summed E-state index contributed by atoms with van der Waals surface area (Å²) < 4.78 is 0. The quantitative estimate of drug-likeness (QED) is 0.877. The van der Waals surface area contributed by atoms with Crippen molar-refractivity contribution in [2.75, 3.05) is 31.1 Å². The maximum atomic E-state index is 12.5. The molecule has 1 aromatic carbocycles. The highest BCUT2D eigenvalue weighted by atomic mass is 16.2. The van der Waals surface area contributed by atoms with Crippen molar-refractivity contribution in [3.8, 4) is 0 Å². The number of anilines is 1. The van der Waals surface area contributed by atoms with Crippen LogP contribution < -0.4 is 15.5 Å². The molecule has 1 aromatic rings. The van der Waals surface area contributed by atoms with Gasteiger partial charge in [0, 0.05) is 49.5 Å². The largest absolute Gasteiger partial charge is 0.348 e. The molecule has 0 spiro atoms. The Labute approximate surface area is 135 Å². The number of benzene rings is 1. The van der Waals surface area contributed by atoms with Gasteiger partial charge in [0.1, 0.15) is 0 Å². The minimum absolute atomic E-state index is 0.0471. The van der Waals surface area contributed by atoms with Crippen LogP contribution in [0.4, 0.5) is 10.5 Å². The van der Waals surface area contributed by atoms with E-state index in [2.05, 4.69) is 15.5 Å². The fraction of sp³-hybridized carbons (Fsp3) is 0.529. The number of nitrogens with one attached hydrogen (secondary N) is 2. The summed E-state index contributed by atoms with van der Waals surface area (Å²) in [4.78, 5) is 28.4. The minimum atomic E-state index is -0.0987. The first kappa shape index (κ1) is 14.5. The number of carbonyl (C=O) groups is 2. The second-order valence-corrected chi connectivity index (χ2v) is 6.62. The Morgan fingerprint density at radius 1 is 1.22 bits per heavy atom. The first-order valence-electron chi connectivity index (χ1n) is 8.41. The summed E-state index contributed by atoms with van der Waals surface area (Å²) in [5.41, 5.74) is 1.39. The second kappa shape index (κ2) is 5.85. The molecule has 0 bridgehead atoms. The number of urea groups is 1. The predicted octanol–water partition coefficient (Wildman–Crippen LogP) is 1.18. The molecule has 1 saturated carbocycles. The van der Waals surface area contributed by atoms with Crippen molar-refractivity contribution in [1.29, 1.82) is 0 Å². The van der Waals surface area contributed by atoms with Crippen molar-refractivity contribution in [3.05, 3.63) is 29.8 Å². The van der Waals surface area contributed by atoms with E-state index in [-0.39, 0.29) is 18.0 Å². The normalized spacial score (nSPS) is 24.8. The Morgan fingerprint density at radius 2 is 2.09 bits per heavy atom. The smallest absolute Gasteiger partial charge is 0.321 e. The lowest BCUT2D eigenvalue weighted by Gasteiger charge is -2.17. The molecule has 2 heterocycles. The minimum Gasteiger partial charge on any atom is -0.348 e. The fourth-order valence-corrected chi connectivity index (χ4v) is 3.48. The summed E-state index contributed by atoms with van der Waals surface area (Å²) in [7, 11) is 0. The van der Waals surface area contributed by atoms with E-state index in [0.717, 1.165) is 31.2 Å². The molecule has 2 saturated heterocycles. The van der Waals surface area contributed by atoms with E-state index >= 15 is 0 Å². The van der Waals surface area contributed by atoms with Crippen molar-refractivity contribution in [2.24, 2.45) is 0 Å². The second-order valence-electron chi connectivity index (χ2n) is 6.62. The first-order valence-corrected chi connectivity index (χ1v) is 8.41. The lowest BCUT2D eigenvalue weighted by molar-refractivity contribution is 0.0937. The van der Waals surface area contributed by atoms with Crippen LogP contribution in [0.15, 0.2) is 24.3 Å². The van der Waals surface area contributed by atoms with Gasteiger partial charge in [-0.3, -0.25) is 14.6 Å². The van der Waals surface area contributed by atoms with Crippen molar-refractivity contribution in [1.82, 2.24) is 15.5 Å². The standard InChI is InChI=1S/C17H22N4O2/c22-16(19-13-6-8-20(11-13)14-4-5-14)12-2-1-3-15(10-12)21-9-7-18-17(21)23/h1-3,10,13-14H,4-9,11H2,(H,18,23)(H,19,22)/t13-/m1/s1. The number of likely N-dealkylation sites (tertiary alicyclic amines) is 1. The van der Waals surface area contributed by atoms with Gasteiger partial charge in [-0.05, 0) is 37.5 Å². The maximum absolute atomic E-state index is 12.5. The zero-order valence-corrected chi connectivity index (χ0v) is 13.1. The molecule has 1 aliphatic carbocycles. The molecule has 3 fully saturated rings. The molecule has 0 unspecified atom stereocenters. The van der Waals surface area contributed by atoms with Crippen molar-refractivity contribution >= 4 is 17.6 Å². The van der Waals surface area contributed by atoms with Gasteiger partial charge >= 0.3 is 6.03 Å². The molecule has 3 amide bonds. The van der Waals surface area contributed by atoms with Gasteiger partial charge in [0.05, 0.1) is 0 Å². The summed E-state index contributed by atoms with van der Waals surface area (Å²) >= 11 is 0. The average molecular weight is 314 g/mol. The topological polar surface area (TPSA) is 64.7 Å². The number of hydrogen-bond acceptors (Lipinski definition) is 3. The SMILES string of the molecule is O=C(N[C@@H]1CCN(C2CC2)C1)c1cccc(N2CCNC2=O)c1. The van der Waals surface area contributed by atoms with Crippen LogP contribution in [-0.4, -0.2) is 55.1 Å². The van der Waals surface area contributed by atoms with Crippen LogP contribution in [0.3, 0.4) is 0 Å². The Hall–Kier alpha value is -2.08. The van der Waals surface area contributed by atoms with Gasteiger partial charge in [0.25, 0.3) is 5.91 Å². The van der Waals surface area contributed by atoms with Gasteiger partial charge < -0.3 is 10.6 Å². The van der Waals surface area contributed by atoms with E-state index in [9.17, 15) is 9.59 Å². The molecule has 0 aromatic heterocycles. The highest BCUT2D eigenvalue weighted by Gasteiger charge is 2.34. The monoisotopic (exact) mass is 314 g/mol. The number of nitrogens with zero attached hydrogens (tertiary/aromatic N) is 2. The lowest BCUT2D eigenvalue weighted by atomic mass is 10.1. The van der Waals surface area contributed by atoms with E-state index in [4.69, 9.17) is 0 Å². The fourth-order valence-electron chi connectivity index (χ4n) is 3.48. The first-order chi connectivity index (χ1) is 11.2. The highest BCUT2D eigenvalue weighted by molar-refractivity contribution is 5.98. The van der Waals surface area contributed by atoms with Crippen LogP contribution >= 0.6 is 0 Å². The van der Waals surface area contributed by atoms with Crippen LogP contribution in [0.1, 0.15) is 29.6 Å². The summed E-state index contributed by atoms with van der Waals surface area (Å²) in [5.74, 6) is -0.0471. The van der Waals surface area contributed by atoms with Crippen molar-refractivity contribution in [3.63, 3.8) is 0 Å². The molecule has 2 aliphatic heterocycles. The zero-order chi connectivity index (χ0) is 15.8. The molecular formula is C17H22N4O2. The molecule has 4 rings (SSSR count). The molecule has 1 atom stereocenters. The van der Waals surface area contributed by atoms with Crippen LogP contribution in [0, 0.1) is 0 Å². The molecule has 0 radical (unpaired) electrons. The molecule has 6 heteroatoms. The van der Waals surface area contributed by atoms with Crippen molar-refractivity contribution < 1.29 is 9.59 Å². The Kier molecular flexibility index (Phi) is 3.69. The lowest BCUT2D eigenvalue weighted by Crippen LogP contribution is -2.37. The summed E-state index contributed by atoms with van der Waals surface area (Å²) in [6.45, 7) is 3.34. The maximum Gasteiger partial charge on any atom is 0.321 e. The molecule has 23 heavy (non-hydrogen) atoms. The third-order valence-electron chi connectivity index (χ3n) is 4.89. The van der Waals surface area contributed by atoms with E-state index in [1.54, 1.807) is 17.0 Å². The van der Waals surface area contributed by atoms with E-state index in [0.29, 0.717) is 18.7 Å². The van der Waals surface area contributed by atoms with Crippen LogP contribution in [-0.2, 0) is 0 Å². The van der Waals surface area contributed by atoms with E-state index in [1.807, 2.05) is 12.1 Å². The van der Waals surface area contributed by atoms with Crippen LogP contribution in [0.25, 0.3) is 0 Å². The molecular weight excluding hydrogens is 292 g/mol. The van der Waals surface area contributed by atoms with Gasteiger partial charge in [0.15, 0.2) is 0 Å². The number of rotatable bonds is 4. The van der Waals surface area contributed by atoms with Gasteiger partial charge in [-0.2, -0.15) is 0 Å². The summed E-state index contributed by atoms with van der Waals surface area (Å²) in [5, 5.41) is 5.91. The highest BCUT2D eigenvalue weighted by Crippen LogP contribution is 2.29. The van der Waals surface area contributed by atoms with Gasteiger partial charge in [0.2, 0.25) is 0 Å². The zero-order valence-electron chi connectivity index (χ0n) is 13.1. The number of hydrogen-bond donors (Lipinski definition) is 2. The summed E-state index contributed by atoms with van der Waals surface area (Å²) in [6, 6.07) is 8.20.